The molecule has 0 fully saturated rings. The van der Waals surface area contributed by atoms with Crippen LogP contribution in [0.25, 0.3) is 86.9 Å². The van der Waals surface area contributed by atoms with Crippen molar-refractivity contribution < 1.29 is 0 Å². The highest BCUT2D eigenvalue weighted by Crippen LogP contribution is 2.42. The molecule has 0 aliphatic carbocycles. The van der Waals surface area contributed by atoms with Gasteiger partial charge in [0.1, 0.15) is 0 Å². The second-order valence-corrected chi connectivity index (χ2v) is 13.6. The van der Waals surface area contributed by atoms with Crippen LogP contribution in [0.4, 0.5) is 0 Å². The normalized spacial score (nSPS) is 11.3. The fourth-order valence-electron chi connectivity index (χ4n) is 6.96. The number of hydrogen-bond donors (Lipinski definition) is 0. The summed E-state index contributed by atoms with van der Waals surface area (Å²) in [5, 5.41) is 2.65. The van der Waals surface area contributed by atoms with E-state index in [1.807, 2.05) is 11.3 Å². The standard InChI is InChI=1S/C48H32S/c1-4-11-33(12-5-1)35-19-23-37(24-20-35)41-29-42(38-25-21-36(22-26-38)34-13-6-2-7-14-34)31-43(30-41)40-27-28-45-47(32-40)49-46-18-10-17-44(48(45)46)39-15-8-3-9-16-39/h1-32H. The Morgan fingerprint density at radius 3 is 1.16 bits per heavy atom. The fourth-order valence-corrected chi connectivity index (χ4v) is 8.13. The Bertz CT molecular complexity index is 2440. The second kappa shape index (κ2) is 12.5. The molecule has 0 unspecified atom stereocenters. The average molecular weight is 641 g/mol. The fraction of sp³-hybridized carbons (Fsp3) is 0. The third-order valence-corrected chi connectivity index (χ3v) is 10.6. The third-order valence-electron chi connectivity index (χ3n) is 9.50. The summed E-state index contributed by atoms with van der Waals surface area (Å²) in [6, 6.07) is 70.6. The van der Waals surface area contributed by atoms with Crippen molar-refractivity contribution >= 4 is 31.5 Å². The van der Waals surface area contributed by atoms with Crippen LogP contribution in [-0.4, -0.2) is 0 Å². The van der Waals surface area contributed by atoms with Gasteiger partial charge in [0.15, 0.2) is 0 Å². The Kier molecular flexibility index (Phi) is 7.46. The number of thiophene rings is 1. The monoisotopic (exact) mass is 640 g/mol. The van der Waals surface area contributed by atoms with Crippen molar-refractivity contribution in [2.24, 2.45) is 0 Å². The average Bonchev–Trinajstić information content (AvgIpc) is 3.57. The summed E-state index contributed by atoms with van der Waals surface area (Å²) in [5.41, 5.74) is 14.7. The van der Waals surface area contributed by atoms with E-state index in [9.17, 15) is 0 Å². The van der Waals surface area contributed by atoms with Gasteiger partial charge in [-0.15, -0.1) is 11.3 Å². The zero-order valence-electron chi connectivity index (χ0n) is 26.9. The Morgan fingerprint density at radius 2 is 0.653 bits per heavy atom. The van der Waals surface area contributed by atoms with Crippen molar-refractivity contribution in [3.8, 4) is 66.8 Å². The lowest BCUT2D eigenvalue weighted by atomic mass is 9.91. The summed E-state index contributed by atoms with van der Waals surface area (Å²) in [4.78, 5) is 0. The molecule has 1 heteroatoms. The molecule has 0 radical (unpaired) electrons. The van der Waals surface area contributed by atoms with E-state index in [1.54, 1.807) is 0 Å². The Hall–Kier alpha value is -6.02. The van der Waals surface area contributed by atoms with Gasteiger partial charge in [0.25, 0.3) is 0 Å². The molecule has 1 heterocycles. The van der Waals surface area contributed by atoms with Crippen LogP contribution in [0.5, 0.6) is 0 Å². The first kappa shape index (κ1) is 29.1. The molecule has 0 saturated carbocycles. The van der Waals surface area contributed by atoms with Gasteiger partial charge in [-0.25, -0.2) is 0 Å². The van der Waals surface area contributed by atoms with Crippen molar-refractivity contribution in [3.63, 3.8) is 0 Å². The number of hydrogen-bond acceptors (Lipinski definition) is 1. The van der Waals surface area contributed by atoms with Crippen molar-refractivity contribution in [1.82, 2.24) is 0 Å². The first-order valence-electron chi connectivity index (χ1n) is 16.7. The minimum Gasteiger partial charge on any atom is -0.135 e. The summed E-state index contributed by atoms with van der Waals surface area (Å²) in [7, 11) is 0. The van der Waals surface area contributed by atoms with Gasteiger partial charge in [0, 0.05) is 20.2 Å². The predicted molar refractivity (Wildman–Crippen MR) is 212 cm³/mol. The molecule has 230 valence electrons. The molecule has 0 spiro atoms. The van der Waals surface area contributed by atoms with Crippen molar-refractivity contribution in [2.75, 3.05) is 0 Å². The van der Waals surface area contributed by atoms with E-state index < -0.39 is 0 Å². The largest absolute Gasteiger partial charge is 0.135 e. The molecule has 0 aliphatic heterocycles. The summed E-state index contributed by atoms with van der Waals surface area (Å²) in [6.45, 7) is 0. The first-order valence-corrected chi connectivity index (χ1v) is 17.6. The van der Waals surface area contributed by atoms with Gasteiger partial charge in [0.05, 0.1) is 0 Å². The van der Waals surface area contributed by atoms with Crippen LogP contribution in [0, 0.1) is 0 Å². The summed E-state index contributed by atoms with van der Waals surface area (Å²) in [5.74, 6) is 0. The molecule has 1 aromatic heterocycles. The molecule has 0 bridgehead atoms. The van der Waals surface area contributed by atoms with Crippen molar-refractivity contribution in [2.45, 2.75) is 0 Å². The minimum absolute atomic E-state index is 1.21. The van der Waals surface area contributed by atoms with Crippen LogP contribution in [0.2, 0.25) is 0 Å². The zero-order valence-corrected chi connectivity index (χ0v) is 27.7. The summed E-state index contributed by atoms with van der Waals surface area (Å²) in [6.07, 6.45) is 0. The van der Waals surface area contributed by atoms with Crippen LogP contribution < -0.4 is 0 Å². The molecule has 8 aromatic carbocycles. The van der Waals surface area contributed by atoms with Crippen molar-refractivity contribution in [3.05, 3.63) is 194 Å². The highest BCUT2D eigenvalue weighted by Gasteiger charge is 2.14. The molecule has 0 saturated heterocycles. The van der Waals surface area contributed by atoms with Gasteiger partial charge in [-0.2, -0.15) is 0 Å². The van der Waals surface area contributed by atoms with Crippen LogP contribution in [-0.2, 0) is 0 Å². The van der Waals surface area contributed by atoms with E-state index in [2.05, 4.69) is 194 Å². The van der Waals surface area contributed by atoms with E-state index in [0.29, 0.717) is 0 Å². The number of rotatable bonds is 6. The van der Waals surface area contributed by atoms with E-state index in [1.165, 1.54) is 86.9 Å². The van der Waals surface area contributed by atoms with E-state index >= 15 is 0 Å². The summed E-state index contributed by atoms with van der Waals surface area (Å²) < 4.78 is 2.63. The van der Waals surface area contributed by atoms with Gasteiger partial charge in [-0.3, -0.25) is 0 Å². The Morgan fingerprint density at radius 1 is 0.245 bits per heavy atom. The lowest BCUT2D eigenvalue weighted by Crippen LogP contribution is -1.87. The van der Waals surface area contributed by atoms with Crippen LogP contribution in [0.1, 0.15) is 0 Å². The highest BCUT2D eigenvalue weighted by atomic mass is 32.1. The van der Waals surface area contributed by atoms with E-state index in [4.69, 9.17) is 0 Å². The summed E-state index contributed by atoms with van der Waals surface area (Å²) >= 11 is 1.88. The molecule has 0 N–H and O–H groups in total. The molecule has 9 aromatic rings. The smallest absolute Gasteiger partial charge is 0.0361 e. The first-order chi connectivity index (χ1) is 24.3. The molecule has 49 heavy (non-hydrogen) atoms. The van der Waals surface area contributed by atoms with Gasteiger partial charge in [0.2, 0.25) is 0 Å². The van der Waals surface area contributed by atoms with Gasteiger partial charge < -0.3 is 0 Å². The molecule has 0 amide bonds. The number of benzene rings is 8. The third kappa shape index (κ3) is 5.65. The molecular formula is C48H32S. The quantitative estimate of drug-likeness (QED) is 0.170. The SMILES string of the molecule is c1ccc(-c2ccc(-c3cc(-c4ccc(-c5ccccc5)cc4)cc(-c4ccc5c(c4)sc4cccc(-c6ccccc6)c45)c3)cc2)cc1. The molecule has 0 nitrogen and oxygen atoms in total. The Balaban J connectivity index is 1.16. The zero-order chi connectivity index (χ0) is 32.6. The maximum absolute atomic E-state index is 2.38. The minimum atomic E-state index is 1.21. The van der Waals surface area contributed by atoms with Crippen LogP contribution in [0.3, 0.4) is 0 Å². The molecule has 0 aliphatic rings. The van der Waals surface area contributed by atoms with Crippen molar-refractivity contribution in [1.29, 1.82) is 0 Å². The number of fused-ring (bicyclic) bond motifs is 3. The Labute approximate surface area is 291 Å². The second-order valence-electron chi connectivity index (χ2n) is 12.5. The molecule has 9 rings (SSSR count). The molecule has 0 atom stereocenters. The van der Waals surface area contributed by atoms with Gasteiger partial charge in [-0.05, 0) is 97.1 Å². The predicted octanol–water partition coefficient (Wildman–Crippen LogP) is 14.1. The lowest BCUT2D eigenvalue weighted by molar-refractivity contribution is 1.56. The maximum atomic E-state index is 2.38. The van der Waals surface area contributed by atoms with Crippen LogP contribution in [0.15, 0.2) is 194 Å². The maximum Gasteiger partial charge on any atom is 0.0361 e. The lowest BCUT2D eigenvalue weighted by Gasteiger charge is -2.13. The highest BCUT2D eigenvalue weighted by molar-refractivity contribution is 7.26. The van der Waals surface area contributed by atoms with E-state index in [0.717, 1.165) is 0 Å². The van der Waals surface area contributed by atoms with E-state index in [-0.39, 0.29) is 0 Å². The topological polar surface area (TPSA) is 0 Å². The van der Waals surface area contributed by atoms with Gasteiger partial charge in [-0.1, -0.05) is 164 Å². The molecular weight excluding hydrogens is 609 g/mol. The van der Waals surface area contributed by atoms with Gasteiger partial charge >= 0.3 is 0 Å². The van der Waals surface area contributed by atoms with Crippen LogP contribution >= 0.6 is 11.3 Å².